The third-order valence-corrected chi connectivity index (χ3v) is 5.44. The molecule has 1 unspecified atom stereocenters. The summed E-state index contributed by atoms with van der Waals surface area (Å²) in [5.74, 6) is -0.910. The molecule has 0 spiro atoms. The lowest BCUT2D eigenvalue weighted by Gasteiger charge is -2.07. The van der Waals surface area contributed by atoms with E-state index in [0.717, 1.165) is 27.6 Å². The quantitative estimate of drug-likeness (QED) is 0.301. The molecule has 0 saturated carbocycles. The fourth-order valence-electron chi connectivity index (χ4n) is 2.56. The molecule has 0 saturated heterocycles. The highest BCUT2D eigenvalue weighted by molar-refractivity contribution is 7.85. The summed E-state index contributed by atoms with van der Waals surface area (Å²) in [5.41, 5.74) is 9.92. The van der Waals surface area contributed by atoms with Gasteiger partial charge >= 0.3 is 5.97 Å². The number of carboxylic acids is 1. The van der Waals surface area contributed by atoms with Crippen LogP contribution in [-0.2, 0) is 14.9 Å². The molecule has 0 aliphatic heterocycles. The van der Waals surface area contributed by atoms with E-state index >= 15 is 0 Å². The van der Waals surface area contributed by atoms with Crippen molar-refractivity contribution in [3.8, 4) is 0 Å². The Hall–Kier alpha value is -3.40. The van der Waals surface area contributed by atoms with Crippen LogP contribution < -0.4 is 5.73 Å². The van der Waals surface area contributed by atoms with Gasteiger partial charge in [0.1, 0.15) is 6.04 Å². The number of carbonyl (C=O) groups is 1. The van der Waals surface area contributed by atoms with Crippen molar-refractivity contribution in [1.29, 1.82) is 0 Å². The first-order valence-electron chi connectivity index (χ1n) is 10.1. The summed E-state index contributed by atoms with van der Waals surface area (Å²) in [6.45, 7) is 5.39. The molecule has 174 valence electrons. The predicted octanol–water partition coefficient (Wildman–Crippen LogP) is 4.08. The highest BCUT2D eigenvalue weighted by Gasteiger charge is 2.14. The molecule has 4 N–H and O–H groups in total. The van der Waals surface area contributed by atoms with Gasteiger partial charge in [0.15, 0.2) is 0 Å². The zero-order chi connectivity index (χ0) is 24.6. The average Bonchev–Trinajstić information content (AvgIpc) is 2.77. The predicted molar refractivity (Wildman–Crippen MR) is 128 cm³/mol. The van der Waals surface area contributed by atoms with Crippen LogP contribution in [0, 0.1) is 12.8 Å². The monoisotopic (exact) mass is 469 g/mol. The van der Waals surface area contributed by atoms with Crippen LogP contribution in [0.5, 0.6) is 0 Å². The Kier molecular flexibility index (Phi) is 8.98. The Bertz CT molecular complexity index is 1220. The normalized spacial score (nSPS) is 11.8. The number of hydrogen-bond acceptors (Lipinski definition) is 6. The van der Waals surface area contributed by atoms with Crippen molar-refractivity contribution < 1.29 is 22.9 Å². The maximum absolute atomic E-state index is 10.5. The standard InChI is InChI=1S/C12H8N2.C7H8O3S.C5H11NO2/c1-2-6-10-9(5-1)13-11-7-3-4-8-12(11)14-10;1-6-2-4-7(5-3-6)11(8,9)10;1-3(2)4(6)5(7)8/h1-8H;2-5H,1H3,(H,8,9,10);3-4H,6H2,1-2H3,(H,7,8). The number of para-hydroxylation sites is 4. The molecule has 4 rings (SSSR count). The molecule has 0 radical (unpaired) electrons. The first-order valence-corrected chi connectivity index (χ1v) is 11.6. The number of nitrogens with zero attached hydrogens (tertiary/aromatic N) is 2. The van der Waals surface area contributed by atoms with Crippen molar-refractivity contribution >= 4 is 38.2 Å². The first-order chi connectivity index (χ1) is 15.5. The second kappa shape index (κ2) is 11.5. The van der Waals surface area contributed by atoms with E-state index in [2.05, 4.69) is 9.97 Å². The Morgan fingerprint density at radius 1 is 0.818 bits per heavy atom. The molecular formula is C24H27N3O5S. The Morgan fingerprint density at radius 2 is 1.18 bits per heavy atom. The summed E-state index contributed by atoms with van der Waals surface area (Å²) in [4.78, 5) is 19.0. The lowest BCUT2D eigenvalue weighted by atomic mass is 10.1. The number of rotatable bonds is 3. The minimum Gasteiger partial charge on any atom is -0.480 e. The molecule has 1 atom stereocenters. The number of benzene rings is 3. The molecule has 3 aromatic carbocycles. The van der Waals surface area contributed by atoms with Crippen molar-refractivity contribution in [3.63, 3.8) is 0 Å². The zero-order valence-electron chi connectivity index (χ0n) is 18.6. The van der Waals surface area contributed by atoms with Crippen LogP contribution in [-0.4, -0.2) is 40.1 Å². The Labute approximate surface area is 192 Å². The molecule has 0 bridgehead atoms. The second-order valence-electron chi connectivity index (χ2n) is 7.60. The summed E-state index contributed by atoms with van der Waals surface area (Å²) in [5, 5.41) is 8.23. The fraction of sp³-hybridized carbons (Fsp3) is 0.208. The van der Waals surface area contributed by atoms with E-state index < -0.39 is 22.1 Å². The van der Waals surface area contributed by atoms with Crippen molar-refractivity contribution in [2.45, 2.75) is 31.7 Å². The van der Waals surface area contributed by atoms with Gasteiger partial charge in [-0.25, -0.2) is 9.97 Å². The van der Waals surface area contributed by atoms with Crippen LogP contribution in [0.25, 0.3) is 22.1 Å². The van der Waals surface area contributed by atoms with Crippen molar-refractivity contribution in [3.05, 3.63) is 78.4 Å². The van der Waals surface area contributed by atoms with E-state index in [1.165, 1.54) is 12.1 Å². The lowest BCUT2D eigenvalue weighted by Crippen LogP contribution is -2.34. The van der Waals surface area contributed by atoms with Crippen LogP contribution in [0.3, 0.4) is 0 Å². The largest absolute Gasteiger partial charge is 0.480 e. The van der Waals surface area contributed by atoms with E-state index in [1.54, 1.807) is 26.0 Å². The number of aromatic nitrogens is 2. The Balaban J connectivity index is 0.000000184. The number of aryl methyl sites for hydroxylation is 1. The molecule has 33 heavy (non-hydrogen) atoms. The maximum Gasteiger partial charge on any atom is 0.320 e. The highest BCUT2D eigenvalue weighted by atomic mass is 32.2. The van der Waals surface area contributed by atoms with Gasteiger partial charge in [0.25, 0.3) is 10.1 Å². The van der Waals surface area contributed by atoms with Gasteiger partial charge in [0, 0.05) is 0 Å². The smallest absolute Gasteiger partial charge is 0.320 e. The molecular weight excluding hydrogens is 442 g/mol. The minimum atomic E-state index is -4.02. The maximum atomic E-state index is 10.5. The van der Waals surface area contributed by atoms with Gasteiger partial charge < -0.3 is 10.8 Å². The van der Waals surface area contributed by atoms with Gasteiger partial charge in [0.2, 0.25) is 0 Å². The highest BCUT2D eigenvalue weighted by Crippen LogP contribution is 2.14. The third kappa shape index (κ3) is 7.90. The summed E-state index contributed by atoms with van der Waals surface area (Å²) in [6.07, 6.45) is 0. The summed E-state index contributed by atoms with van der Waals surface area (Å²) in [7, 11) is -4.02. The third-order valence-electron chi connectivity index (χ3n) is 4.57. The number of aliphatic carboxylic acids is 1. The van der Waals surface area contributed by atoms with Crippen LogP contribution in [0.4, 0.5) is 0 Å². The van der Waals surface area contributed by atoms with Gasteiger partial charge in [0.05, 0.1) is 27.0 Å². The molecule has 0 aliphatic carbocycles. The van der Waals surface area contributed by atoms with E-state index in [4.69, 9.17) is 15.4 Å². The van der Waals surface area contributed by atoms with E-state index in [1.807, 2.05) is 55.5 Å². The van der Waals surface area contributed by atoms with E-state index in [0.29, 0.717) is 0 Å². The van der Waals surface area contributed by atoms with Crippen molar-refractivity contribution in [2.75, 3.05) is 0 Å². The molecule has 4 aromatic rings. The van der Waals surface area contributed by atoms with Gasteiger partial charge in [-0.3, -0.25) is 9.35 Å². The molecule has 9 heteroatoms. The summed E-state index contributed by atoms with van der Waals surface area (Å²) >= 11 is 0. The molecule has 0 amide bonds. The lowest BCUT2D eigenvalue weighted by molar-refractivity contribution is -0.139. The topological polar surface area (TPSA) is 143 Å². The SMILES string of the molecule is CC(C)C(N)C(=O)O.Cc1ccc(S(=O)(=O)O)cc1.c1ccc2nc3ccccc3nc2c1. The second-order valence-corrected chi connectivity index (χ2v) is 9.02. The van der Waals surface area contributed by atoms with Crippen LogP contribution >= 0.6 is 0 Å². The van der Waals surface area contributed by atoms with Gasteiger partial charge in [-0.15, -0.1) is 0 Å². The molecule has 0 fully saturated rings. The molecule has 8 nitrogen and oxygen atoms in total. The molecule has 0 aliphatic rings. The summed E-state index contributed by atoms with van der Waals surface area (Å²) < 4.78 is 29.6. The van der Waals surface area contributed by atoms with Crippen molar-refractivity contribution in [1.82, 2.24) is 9.97 Å². The van der Waals surface area contributed by atoms with Crippen LogP contribution in [0.2, 0.25) is 0 Å². The number of hydrogen-bond donors (Lipinski definition) is 3. The first kappa shape index (κ1) is 25.9. The van der Waals surface area contributed by atoms with Crippen LogP contribution in [0.15, 0.2) is 77.7 Å². The van der Waals surface area contributed by atoms with Crippen LogP contribution in [0.1, 0.15) is 19.4 Å². The van der Waals surface area contributed by atoms with Gasteiger partial charge in [-0.1, -0.05) is 55.8 Å². The van der Waals surface area contributed by atoms with Gasteiger partial charge in [-0.2, -0.15) is 8.42 Å². The average molecular weight is 470 g/mol. The molecule has 1 aromatic heterocycles. The number of nitrogens with two attached hydrogens (primary N) is 1. The number of carboxylic acid groups (broad SMARTS) is 1. The Morgan fingerprint density at radius 3 is 1.42 bits per heavy atom. The summed E-state index contributed by atoms with van der Waals surface area (Å²) in [6, 6.07) is 21.1. The minimum absolute atomic E-state index is 0.0208. The van der Waals surface area contributed by atoms with E-state index in [9.17, 15) is 13.2 Å². The van der Waals surface area contributed by atoms with Gasteiger partial charge in [-0.05, 0) is 49.2 Å². The fourth-order valence-corrected chi connectivity index (χ4v) is 3.04. The molecule has 1 heterocycles. The van der Waals surface area contributed by atoms with Crippen molar-refractivity contribution in [2.24, 2.45) is 11.7 Å². The number of fused-ring (bicyclic) bond motifs is 2. The zero-order valence-corrected chi connectivity index (χ0v) is 19.4. The van der Waals surface area contributed by atoms with E-state index in [-0.39, 0.29) is 10.8 Å².